The van der Waals surface area contributed by atoms with Crippen LogP contribution in [-0.2, 0) is 11.2 Å². The van der Waals surface area contributed by atoms with E-state index in [-0.39, 0.29) is 11.9 Å². The highest BCUT2D eigenvalue weighted by Gasteiger charge is 2.18. The van der Waals surface area contributed by atoms with E-state index in [0.717, 1.165) is 16.8 Å². The van der Waals surface area contributed by atoms with Gasteiger partial charge in [-0.2, -0.15) is 5.10 Å². The molecule has 0 aliphatic rings. The van der Waals surface area contributed by atoms with Gasteiger partial charge in [-0.15, -0.1) is 0 Å². The molecule has 140 valence electrons. The molecule has 27 heavy (non-hydrogen) atoms. The van der Waals surface area contributed by atoms with Gasteiger partial charge in [0.1, 0.15) is 12.7 Å². The molecular formula is C20H20Cl2N4O. The summed E-state index contributed by atoms with van der Waals surface area (Å²) in [5.41, 5.74) is 2.86. The Morgan fingerprint density at radius 3 is 2.59 bits per heavy atom. The van der Waals surface area contributed by atoms with E-state index in [9.17, 15) is 4.79 Å². The number of rotatable bonds is 6. The monoisotopic (exact) mass is 402 g/mol. The Hall–Kier alpha value is -2.37. The van der Waals surface area contributed by atoms with Gasteiger partial charge in [0.15, 0.2) is 0 Å². The van der Waals surface area contributed by atoms with Gasteiger partial charge in [0, 0.05) is 13.5 Å². The molecule has 3 aromatic rings. The fourth-order valence-corrected chi connectivity index (χ4v) is 3.26. The standard InChI is InChI=1S/C20H20Cl2N4O/c1-14(15-6-9-17(10-7-15)26-13-23-12-24-26)25(2)19(27)11-8-16-4-3-5-18(21)20(16)22/h3-7,9-10,12-14H,8,11H2,1-2H3. The van der Waals surface area contributed by atoms with Crippen LogP contribution >= 0.6 is 23.2 Å². The van der Waals surface area contributed by atoms with Crippen LogP contribution in [0.3, 0.4) is 0 Å². The molecule has 5 nitrogen and oxygen atoms in total. The molecule has 0 radical (unpaired) electrons. The summed E-state index contributed by atoms with van der Waals surface area (Å²) in [5, 5.41) is 5.14. The van der Waals surface area contributed by atoms with E-state index in [4.69, 9.17) is 23.2 Å². The molecule has 1 amide bonds. The van der Waals surface area contributed by atoms with Gasteiger partial charge in [-0.25, -0.2) is 9.67 Å². The number of aryl methyl sites for hydroxylation is 1. The van der Waals surface area contributed by atoms with Crippen LogP contribution in [0, 0.1) is 0 Å². The van der Waals surface area contributed by atoms with Crippen LogP contribution in [0.1, 0.15) is 30.5 Å². The fourth-order valence-electron chi connectivity index (χ4n) is 2.85. The molecule has 1 heterocycles. The average molecular weight is 403 g/mol. The minimum Gasteiger partial charge on any atom is -0.339 e. The van der Waals surface area contributed by atoms with Gasteiger partial charge in [-0.05, 0) is 42.7 Å². The van der Waals surface area contributed by atoms with Gasteiger partial charge in [-0.3, -0.25) is 4.79 Å². The Bertz CT molecular complexity index is 910. The van der Waals surface area contributed by atoms with E-state index in [1.165, 1.54) is 6.33 Å². The van der Waals surface area contributed by atoms with Crippen LogP contribution in [-0.4, -0.2) is 32.6 Å². The van der Waals surface area contributed by atoms with Gasteiger partial charge in [0.05, 0.1) is 21.8 Å². The second-order valence-corrected chi connectivity index (χ2v) is 7.11. The van der Waals surface area contributed by atoms with Crippen molar-refractivity contribution < 1.29 is 4.79 Å². The Morgan fingerprint density at radius 1 is 1.19 bits per heavy atom. The number of halogens is 2. The molecule has 7 heteroatoms. The summed E-state index contributed by atoms with van der Waals surface area (Å²) in [7, 11) is 1.82. The summed E-state index contributed by atoms with van der Waals surface area (Å²) < 4.78 is 1.69. The number of carbonyl (C=O) groups excluding carboxylic acids is 1. The van der Waals surface area contributed by atoms with Gasteiger partial charge in [-0.1, -0.05) is 47.5 Å². The van der Waals surface area contributed by atoms with Crippen molar-refractivity contribution in [3.63, 3.8) is 0 Å². The smallest absolute Gasteiger partial charge is 0.223 e. The molecule has 0 bridgehead atoms. The zero-order chi connectivity index (χ0) is 19.4. The Kier molecular flexibility index (Phi) is 6.14. The molecule has 0 aliphatic heterocycles. The van der Waals surface area contributed by atoms with E-state index in [1.54, 1.807) is 22.0 Å². The normalized spacial score (nSPS) is 12.0. The van der Waals surface area contributed by atoms with E-state index < -0.39 is 0 Å². The molecule has 2 aromatic carbocycles. The maximum atomic E-state index is 12.6. The van der Waals surface area contributed by atoms with Crippen molar-refractivity contribution in [3.05, 3.63) is 76.3 Å². The summed E-state index contributed by atoms with van der Waals surface area (Å²) in [5.74, 6) is 0.0545. The molecule has 1 aromatic heterocycles. The van der Waals surface area contributed by atoms with Crippen LogP contribution < -0.4 is 0 Å². The summed E-state index contributed by atoms with van der Waals surface area (Å²) >= 11 is 12.2. The zero-order valence-corrected chi connectivity index (χ0v) is 16.7. The lowest BCUT2D eigenvalue weighted by Crippen LogP contribution is -2.29. The first-order chi connectivity index (χ1) is 13.0. The number of hydrogen-bond donors (Lipinski definition) is 0. The van der Waals surface area contributed by atoms with Crippen LogP contribution in [0.5, 0.6) is 0 Å². The number of amides is 1. The highest BCUT2D eigenvalue weighted by atomic mass is 35.5. The van der Waals surface area contributed by atoms with Crippen LogP contribution in [0.4, 0.5) is 0 Å². The minimum absolute atomic E-state index is 0.0443. The topological polar surface area (TPSA) is 51.0 Å². The lowest BCUT2D eigenvalue weighted by Gasteiger charge is -2.25. The molecule has 1 atom stereocenters. The van der Waals surface area contributed by atoms with Gasteiger partial charge >= 0.3 is 0 Å². The second-order valence-electron chi connectivity index (χ2n) is 6.33. The van der Waals surface area contributed by atoms with Gasteiger partial charge in [0.2, 0.25) is 5.91 Å². The van der Waals surface area contributed by atoms with Crippen LogP contribution in [0.25, 0.3) is 5.69 Å². The first kappa shape index (κ1) is 19.4. The van der Waals surface area contributed by atoms with E-state index in [0.29, 0.717) is 22.9 Å². The van der Waals surface area contributed by atoms with Gasteiger partial charge < -0.3 is 4.90 Å². The number of hydrogen-bond acceptors (Lipinski definition) is 3. The number of carbonyl (C=O) groups is 1. The molecule has 0 N–H and O–H groups in total. The molecular weight excluding hydrogens is 383 g/mol. The first-order valence-corrected chi connectivity index (χ1v) is 9.36. The predicted octanol–water partition coefficient (Wildman–Crippen LogP) is 4.73. The number of aromatic nitrogens is 3. The summed E-state index contributed by atoms with van der Waals surface area (Å²) in [4.78, 5) is 18.3. The Labute approximate surface area is 168 Å². The third-order valence-corrected chi connectivity index (χ3v) is 5.53. The number of benzene rings is 2. The molecule has 1 unspecified atom stereocenters. The van der Waals surface area contributed by atoms with Crippen molar-refractivity contribution in [2.45, 2.75) is 25.8 Å². The molecule has 3 rings (SSSR count). The minimum atomic E-state index is -0.0443. The van der Waals surface area contributed by atoms with Crippen molar-refractivity contribution in [2.24, 2.45) is 0 Å². The van der Waals surface area contributed by atoms with E-state index >= 15 is 0 Å². The molecule has 0 fully saturated rings. The third kappa shape index (κ3) is 4.49. The summed E-state index contributed by atoms with van der Waals surface area (Å²) in [6.45, 7) is 2.01. The molecule has 0 saturated carbocycles. The Morgan fingerprint density at radius 2 is 1.93 bits per heavy atom. The molecule has 0 saturated heterocycles. The van der Waals surface area contributed by atoms with E-state index in [1.807, 2.05) is 50.4 Å². The average Bonchev–Trinajstić information content (AvgIpc) is 3.22. The van der Waals surface area contributed by atoms with Crippen molar-refractivity contribution in [3.8, 4) is 5.69 Å². The highest BCUT2D eigenvalue weighted by Crippen LogP contribution is 2.27. The summed E-state index contributed by atoms with van der Waals surface area (Å²) in [6.07, 6.45) is 4.07. The third-order valence-electron chi connectivity index (χ3n) is 4.67. The second kappa shape index (κ2) is 8.55. The SMILES string of the molecule is CC(c1ccc(-n2cncn2)cc1)N(C)C(=O)CCc1cccc(Cl)c1Cl. The first-order valence-electron chi connectivity index (χ1n) is 8.61. The molecule has 0 aliphatic carbocycles. The predicted molar refractivity (Wildman–Crippen MR) is 107 cm³/mol. The van der Waals surface area contributed by atoms with Crippen molar-refractivity contribution in [2.75, 3.05) is 7.05 Å². The maximum absolute atomic E-state index is 12.6. The van der Waals surface area contributed by atoms with Crippen molar-refractivity contribution >= 4 is 29.1 Å². The van der Waals surface area contributed by atoms with Crippen LogP contribution in [0.15, 0.2) is 55.1 Å². The van der Waals surface area contributed by atoms with E-state index in [2.05, 4.69) is 10.1 Å². The molecule has 0 spiro atoms. The Balaban J connectivity index is 1.63. The largest absolute Gasteiger partial charge is 0.339 e. The maximum Gasteiger partial charge on any atom is 0.223 e. The van der Waals surface area contributed by atoms with Crippen LogP contribution in [0.2, 0.25) is 10.0 Å². The fraction of sp³-hybridized carbons (Fsp3) is 0.250. The van der Waals surface area contributed by atoms with Crippen molar-refractivity contribution in [1.29, 1.82) is 0 Å². The number of nitrogens with zero attached hydrogens (tertiary/aromatic N) is 4. The van der Waals surface area contributed by atoms with Crippen molar-refractivity contribution in [1.82, 2.24) is 19.7 Å². The highest BCUT2D eigenvalue weighted by molar-refractivity contribution is 6.42. The van der Waals surface area contributed by atoms with Gasteiger partial charge in [0.25, 0.3) is 0 Å². The lowest BCUT2D eigenvalue weighted by molar-refractivity contribution is -0.131. The quantitative estimate of drug-likeness (QED) is 0.598. The zero-order valence-electron chi connectivity index (χ0n) is 15.1. The lowest BCUT2D eigenvalue weighted by atomic mass is 10.1. The summed E-state index contributed by atoms with van der Waals surface area (Å²) in [6, 6.07) is 13.4.